The van der Waals surface area contributed by atoms with Gasteiger partial charge in [0.2, 0.25) is 5.91 Å². The van der Waals surface area contributed by atoms with Crippen molar-refractivity contribution in [3.05, 3.63) is 66.0 Å². The maximum absolute atomic E-state index is 12.6. The summed E-state index contributed by atoms with van der Waals surface area (Å²) in [4.78, 5) is 30.8. The molecule has 6 heteroatoms. The van der Waals surface area contributed by atoms with Crippen LogP contribution in [0.1, 0.15) is 30.9 Å². The lowest BCUT2D eigenvalue weighted by Crippen LogP contribution is -2.46. The quantitative estimate of drug-likeness (QED) is 0.800. The standard InChI is InChI=1S/C22H27N3O3/c1-17(28-16-18-6-3-2-4-7-18)22(27)25-12-9-20(10-13-25)21(26)24-15-19-8-5-11-23-14-19/h2-8,11,14,17,20H,9-10,12-13,15-16H2,1H3,(H,24,26). The Labute approximate surface area is 165 Å². The Hall–Kier alpha value is -2.73. The zero-order valence-corrected chi connectivity index (χ0v) is 16.2. The first-order valence-corrected chi connectivity index (χ1v) is 9.74. The molecule has 0 spiro atoms. The summed E-state index contributed by atoms with van der Waals surface area (Å²) in [5, 5.41) is 2.97. The molecule has 2 amide bonds. The number of carbonyl (C=O) groups excluding carboxylic acids is 2. The first kappa shape index (κ1) is 20.0. The SMILES string of the molecule is CC(OCc1ccccc1)C(=O)N1CCC(C(=O)NCc2cccnc2)CC1. The summed E-state index contributed by atoms with van der Waals surface area (Å²) in [5.74, 6) is -0.0178. The molecule has 1 aromatic carbocycles. The van der Waals surface area contributed by atoms with Crippen LogP contribution in [0.3, 0.4) is 0 Å². The summed E-state index contributed by atoms with van der Waals surface area (Å²) in [7, 11) is 0. The van der Waals surface area contributed by atoms with E-state index < -0.39 is 6.10 Å². The highest BCUT2D eigenvalue weighted by Gasteiger charge is 2.29. The van der Waals surface area contributed by atoms with Crippen molar-refractivity contribution in [3.63, 3.8) is 0 Å². The lowest BCUT2D eigenvalue weighted by atomic mass is 9.95. The minimum absolute atomic E-state index is 0.00912. The second-order valence-corrected chi connectivity index (χ2v) is 7.12. The molecule has 1 aromatic heterocycles. The number of aromatic nitrogens is 1. The van der Waals surface area contributed by atoms with E-state index in [4.69, 9.17) is 4.74 Å². The van der Waals surface area contributed by atoms with Crippen LogP contribution in [0.15, 0.2) is 54.9 Å². The van der Waals surface area contributed by atoms with Crippen LogP contribution in [0.5, 0.6) is 0 Å². The number of pyridine rings is 1. The van der Waals surface area contributed by atoms with Crippen LogP contribution in [0.2, 0.25) is 0 Å². The molecular formula is C22H27N3O3. The van der Waals surface area contributed by atoms with E-state index in [2.05, 4.69) is 10.3 Å². The lowest BCUT2D eigenvalue weighted by molar-refractivity contribution is -0.146. The Morgan fingerprint density at radius 1 is 1.14 bits per heavy atom. The number of hydrogen-bond donors (Lipinski definition) is 1. The maximum atomic E-state index is 12.6. The molecule has 1 atom stereocenters. The predicted molar refractivity (Wildman–Crippen MR) is 106 cm³/mol. The molecule has 3 rings (SSSR count). The van der Waals surface area contributed by atoms with Crippen LogP contribution in [0.4, 0.5) is 0 Å². The highest BCUT2D eigenvalue weighted by atomic mass is 16.5. The van der Waals surface area contributed by atoms with Crippen molar-refractivity contribution < 1.29 is 14.3 Å². The molecule has 1 N–H and O–H groups in total. The fraction of sp³-hybridized carbons (Fsp3) is 0.409. The van der Waals surface area contributed by atoms with E-state index >= 15 is 0 Å². The van der Waals surface area contributed by atoms with Crippen LogP contribution >= 0.6 is 0 Å². The van der Waals surface area contributed by atoms with Gasteiger partial charge in [-0.25, -0.2) is 0 Å². The minimum atomic E-state index is -0.490. The van der Waals surface area contributed by atoms with E-state index in [-0.39, 0.29) is 17.7 Å². The Kier molecular flexibility index (Phi) is 7.14. The van der Waals surface area contributed by atoms with Gasteiger partial charge in [0, 0.05) is 37.9 Å². The second kappa shape index (κ2) is 9.99. The fourth-order valence-electron chi connectivity index (χ4n) is 3.32. The topological polar surface area (TPSA) is 71.5 Å². The second-order valence-electron chi connectivity index (χ2n) is 7.12. The number of nitrogens with one attached hydrogen (secondary N) is 1. The largest absolute Gasteiger partial charge is 0.364 e. The van der Waals surface area contributed by atoms with Gasteiger partial charge in [0.25, 0.3) is 5.91 Å². The van der Waals surface area contributed by atoms with Crippen molar-refractivity contribution in [2.45, 2.75) is 39.0 Å². The Bertz CT molecular complexity index is 759. The average Bonchev–Trinajstić information content (AvgIpc) is 2.77. The molecule has 0 bridgehead atoms. The van der Waals surface area contributed by atoms with Gasteiger partial charge in [0.15, 0.2) is 0 Å². The fourth-order valence-corrected chi connectivity index (χ4v) is 3.32. The maximum Gasteiger partial charge on any atom is 0.251 e. The molecule has 0 aliphatic carbocycles. The summed E-state index contributed by atoms with van der Waals surface area (Å²) in [5.41, 5.74) is 2.03. The van der Waals surface area contributed by atoms with Gasteiger partial charge < -0.3 is 15.0 Å². The van der Waals surface area contributed by atoms with Gasteiger partial charge in [-0.05, 0) is 37.0 Å². The van der Waals surface area contributed by atoms with Gasteiger partial charge in [-0.2, -0.15) is 0 Å². The highest BCUT2D eigenvalue weighted by Crippen LogP contribution is 2.19. The molecule has 6 nitrogen and oxygen atoms in total. The van der Waals surface area contributed by atoms with Crippen LogP contribution in [0.25, 0.3) is 0 Å². The predicted octanol–water partition coefficient (Wildman–Crippen LogP) is 2.54. The number of nitrogens with zero attached hydrogens (tertiary/aromatic N) is 2. The van der Waals surface area contributed by atoms with Gasteiger partial charge >= 0.3 is 0 Å². The van der Waals surface area contributed by atoms with Crippen molar-refractivity contribution in [2.75, 3.05) is 13.1 Å². The minimum Gasteiger partial charge on any atom is -0.364 e. The summed E-state index contributed by atoms with van der Waals surface area (Å²) in [6.45, 7) is 3.86. The van der Waals surface area contributed by atoms with E-state index in [0.29, 0.717) is 39.1 Å². The molecule has 0 radical (unpaired) electrons. The van der Waals surface area contributed by atoms with Crippen molar-refractivity contribution in [1.82, 2.24) is 15.2 Å². The molecule has 1 unspecified atom stereocenters. The van der Waals surface area contributed by atoms with E-state index in [1.165, 1.54) is 0 Å². The van der Waals surface area contributed by atoms with Gasteiger partial charge in [-0.3, -0.25) is 14.6 Å². The monoisotopic (exact) mass is 381 g/mol. The number of amides is 2. The molecule has 2 heterocycles. The van der Waals surface area contributed by atoms with E-state index in [9.17, 15) is 9.59 Å². The summed E-state index contributed by atoms with van der Waals surface area (Å²) in [6, 6.07) is 13.6. The molecule has 148 valence electrons. The van der Waals surface area contributed by atoms with Gasteiger partial charge in [-0.1, -0.05) is 36.4 Å². The third-order valence-corrected chi connectivity index (χ3v) is 5.06. The first-order chi connectivity index (χ1) is 13.6. The van der Waals surface area contributed by atoms with Crippen LogP contribution in [0, 0.1) is 5.92 Å². The molecule has 1 fully saturated rings. The Balaban J connectivity index is 1.40. The lowest BCUT2D eigenvalue weighted by Gasteiger charge is -2.33. The number of hydrogen-bond acceptors (Lipinski definition) is 4. The van der Waals surface area contributed by atoms with Crippen molar-refractivity contribution in [1.29, 1.82) is 0 Å². The molecule has 1 saturated heterocycles. The third-order valence-electron chi connectivity index (χ3n) is 5.06. The normalized spacial score (nSPS) is 15.8. The number of carbonyl (C=O) groups is 2. The van der Waals surface area contributed by atoms with Crippen molar-refractivity contribution >= 4 is 11.8 Å². The molecule has 0 saturated carbocycles. The third kappa shape index (κ3) is 5.63. The van der Waals surface area contributed by atoms with Gasteiger partial charge in [0.05, 0.1) is 6.61 Å². The zero-order chi connectivity index (χ0) is 19.8. The van der Waals surface area contributed by atoms with E-state index in [1.54, 1.807) is 24.2 Å². The average molecular weight is 381 g/mol. The van der Waals surface area contributed by atoms with Crippen molar-refractivity contribution in [2.24, 2.45) is 5.92 Å². The number of piperidine rings is 1. The van der Waals surface area contributed by atoms with Gasteiger partial charge in [-0.15, -0.1) is 0 Å². The number of benzene rings is 1. The van der Waals surface area contributed by atoms with Crippen molar-refractivity contribution in [3.8, 4) is 0 Å². The number of ether oxygens (including phenoxy) is 1. The molecule has 1 aliphatic rings. The van der Waals surface area contributed by atoms with Crippen LogP contribution < -0.4 is 5.32 Å². The summed E-state index contributed by atoms with van der Waals surface area (Å²) >= 11 is 0. The van der Waals surface area contributed by atoms with E-state index in [1.807, 2.05) is 42.5 Å². The van der Waals surface area contributed by atoms with Crippen LogP contribution in [-0.4, -0.2) is 40.9 Å². The first-order valence-electron chi connectivity index (χ1n) is 9.74. The zero-order valence-electron chi connectivity index (χ0n) is 16.2. The Morgan fingerprint density at radius 3 is 2.54 bits per heavy atom. The molecule has 2 aromatic rings. The molecular weight excluding hydrogens is 354 g/mol. The molecule has 28 heavy (non-hydrogen) atoms. The summed E-state index contributed by atoms with van der Waals surface area (Å²) < 4.78 is 5.73. The van der Waals surface area contributed by atoms with Crippen LogP contribution in [-0.2, 0) is 27.5 Å². The molecule has 1 aliphatic heterocycles. The summed E-state index contributed by atoms with van der Waals surface area (Å²) in [6.07, 6.45) is 4.32. The smallest absolute Gasteiger partial charge is 0.251 e. The van der Waals surface area contributed by atoms with Gasteiger partial charge in [0.1, 0.15) is 6.10 Å². The Morgan fingerprint density at radius 2 is 1.86 bits per heavy atom. The number of rotatable bonds is 7. The van der Waals surface area contributed by atoms with E-state index in [0.717, 1.165) is 11.1 Å². The highest BCUT2D eigenvalue weighted by molar-refractivity contribution is 5.82. The number of likely N-dealkylation sites (tertiary alicyclic amines) is 1.